The van der Waals surface area contributed by atoms with Gasteiger partial charge in [0.1, 0.15) is 5.82 Å². The van der Waals surface area contributed by atoms with Gasteiger partial charge in [-0.1, -0.05) is 6.07 Å². The second-order valence-corrected chi connectivity index (χ2v) is 8.07. The summed E-state index contributed by atoms with van der Waals surface area (Å²) in [6.07, 6.45) is 1.83. The lowest BCUT2D eigenvalue weighted by Crippen LogP contribution is -2.46. The molecule has 0 bridgehead atoms. The maximum atomic E-state index is 5.48. The third-order valence-corrected chi connectivity index (χ3v) is 4.64. The lowest BCUT2D eigenvalue weighted by molar-refractivity contribution is 0.174. The Balaban J connectivity index is 1.34. The molecule has 4 rings (SSSR count). The van der Waals surface area contributed by atoms with Gasteiger partial charge in [-0.05, 0) is 44.5 Å². The maximum absolute atomic E-state index is 5.48. The van der Waals surface area contributed by atoms with E-state index in [9.17, 15) is 0 Å². The summed E-state index contributed by atoms with van der Waals surface area (Å²) in [4.78, 5) is 13.9. The zero-order chi connectivity index (χ0) is 18.9. The first kappa shape index (κ1) is 17.9. The number of piperazine rings is 1. The van der Waals surface area contributed by atoms with Crippen molar-refractivity contribution in [3.05, 3.63) is 36.0 Å². The Bertz CT molecular complexity index is 797. The molecule has 7 nitrogen and oxygen atoms in total. The van der Waals surface area contributed by atoms with Crippen LogP contribution in [0.25, 0.3) is 0 Å². The Morgan fingerprint density at radius 3 is 2.59 bits per heavy atom. The van der Waals surface area contributed by atoms with Gasteiger partial charge in [0.2, 0.25) is 12.7 Å². The van der Waals surface area contributed by atoms with Crippen LogP contribution in [0.1, 0.15) is 26.3 Å². The summed E-state index contributed by atoms with van der Waals surface area (Å²) in [6.45, 7) is 11.4. The van der Waals surface area contributed by atoms with Crippen LogP contribution in [0.2, 0.25) is 0 Å². The van der Waals surface area contributed by atoms with E-state index in [1.165, 1.54) is 5.56 Å². The van der Waals surface area contributed by atoms with Crippen LogP contribution in [-0.2, 0) is 6.54 Å². The van der Waals surface area contributed by atoms with Crippen molar-refractivity contribution in [2.24, 2.45) is 0 Å². The molecular formula is C20H27N5O2. The van der Waals surface area contributed by atoms with Gasteiger partial charge in [-0.2, -0.15) is 4.98 Å². The summed E-state index contributed by atoms with van der Waals surface area (Å²) in [7, 11) is 0. The normalized spacial score (nSPS) is 17.2. The van der Waals surface area contributed by atoms with Crippen LogP contribution in [0.4, 0.5) is 11.8 Å². The molecule has 3 heterocycles. The topological polar surface area (TPSA) is 62.8 Å². The highest BCUT2D eigenvalue weighted by molar-refractivity contribution is 5.45. The van der Waals surface area contributed by atoms with Crippen LogP contribution >= 0.6 is 0 Å². The average molecular weight is 369 g/mol. The lowest BCUT2D eigenvalue weighted by Gasteiger charge is -2.35. The maximum Gasteiger partial charge on any atom is 0.231 e. The molecule has 7 heteroatoms. The van der Waals surface area contributed by atoms with Gasteiger partial charge in [-0.3, -0.25) is 4.90 Å². The number of fused-ring (bicyclic) bond motifs is 1. The molecule has 2 aliphatic heterocycles. The molecule has 1 aromatic heterocycles. The predicted octanol–water partition coefficient (Wildman–Crippen LogP) is 2.74. The summed E-state index contributed by atoms with van der Waals surface area (Å²) in [5.41, 5.74) is 1.23. The largest absolute Gasteiger partial charge is 0.454 e. The van der Waals surface area contributed by atoms with Crippen molar-refractivity contribution in [1.29, 1.82) is 0 Å². The zero-order valence-electron chi connectivity index (χ0n) is 16.2. The fourth-order valence-electron chi connectivity index (χ4n) is 3.36. The molecule has 1 aromatic carbocycles. The first-order chi connectivity index (χ1) is 13.0. The van der Waals surface area contributed by atoms with Crippen molar-refractivity contribution in [1.82, 2.24) is 14.9 Å². The van der Waals surface area contributed by atoms with Gasteiger partial charge in [0.05, 0.1) is 0 Å². The number of benzene rings is 1. The molecule has 1 N–H and O–H groups in total. The van der Waals surface area contributed by atoms with Crippen molar-refractivity contribution in [3.8, 4) is 11.5 Å². The highest BCUT2D eigenvalue weighted by Gasteiger charge is 2.21. The van der Waals surface area contributed by atoms with Gasteiger partial charge >= 0.3 is 0 Å². The average Bonchev–Trinajstić information content (AvgIpc) is 3.09. The highest BCUT2D eigenvalue weighted by Crippen LogP contribution is 2.32. The number of anilines is 2. The fourth-order valence-corrected chi connectivity index (χ4v) is 3.36. The van der Waals surface area contributed by atoms with E-state index in [0.717, 1.165) is 56.0 Å². The SMILES string of the molecule is CC(C)(C)Nc1ccnc(N2CCN(Cc3ccc4c(c3)OCO4)CC2)n1. The summed E-state index contributed by atoms with van der Waals surface area (Å²) in [6, 6.07) is 8.12. The lowest BCUT2D eigenvalue weighted by atomic mass is 10.1. The van der Waals surface area contributed by atoms with Crippen molar-refractivity contribution in [3.63, 3.8) is 0 Å². The Morgan fingerprint density at radius 1 is 1.04 bits per heavy atom. The second kappa shape index (κ2) is 7.23. The summed E-state index contributed by atoms with van der Waals surface area (Å²) >= 11 is 0. The number of rotatable bonds is 4. The second-order valence-electron chi connectivity index (χ2n) is 8.07. The summed E-state index contributed by atoms with van der Waals surface area (Å²) in [5.74, 6) is 3.36. The van der Waals surface area contributed by atoms with E-state index in [1.54, 1.807) is 0 Å². The third-order valence-electron chi connectivity index (χ3n) is 4.64. The van der Waals surface area contributed by atoms with Gasteiger partial charge in [0.15, 0.2) is 11.5 Å². The van der Waals surface area contributed by atoms with Crippen molar-refractivity contribution < 1.29 is 9.47 Å². The van der Waals surface area contributed by atoms with Crippen molar-refractivity contribution in [2.45, 2.75) is 32.9 Å². The molecule has 0 atom stereocenters. The number of hydrogen-bond acceptors (Lipinski definition) is 7. The Hall–Kier alpha value is -2.54. The van der Waals surface area contributed by atoms with E-state index in [-0.39, 0.29) is 5.54 Å². The Morgan fingerprint density at radius 2 is 1.81 bits per heavy atom. The molecule has 27 heavy (non-hydrogen) atoms. The van der Waals surface area contributed by atoms with E-state index in [4.69, 9.17) is 9.47 Å². The van der Waals surface area contributed by atoms with Gasteiger partial charge in [-0.25, -0.2) is 4.98 Å². The van der Waals surface area contributed by atoms with Gasteiger partial charge in [0.25, 0.3) is 0 Å². The zero-order valence-corrected chi connectivity index (χ0v) is 16.2. The quantitative estimate of drug-likeness (QED) is 0.889. The van der Waals surface area contributed by atoms with Crippen LogP contribution < -0.4 is 19.7 Å². The number of aromatic nitrogens is 2. The number of hydrogen-bond donors (Lipinski definition) is 1. The first-order valence-electron chi connectivity index (χ1n) is 9.43. The first-order valence-corrected chi connectivity index (χ1v) is 9.43. The van der Waals surface area contributed by atoms with Crippen LogP contribution in [0.3, 0.4) is 0 Å². The minimum atomic E-state index is -0.0189. The van der Waals surface area contributed by atoms with Crippen LogP contribution in [-0.4, -0.2) is 53.4 Å². The molecule has 1 fully saturated rings. The molecule has 0 radical (unpaired) electrons. The van der Waals surface area contributed by atoms with Crippen molar-refractivity contribution in [2.75, 3.05) is 43.2 Å². The highest BCUT2D eigenvalue weighted by atomic mass is 16.7. The molecule has 144 valence electrons. The molecule has 0 unspecified atom stereocenters. The summed E-state index contributed by atoms with van der Waals surface area (Å²) in [5, 5.41) is 3.41. The molecule has 2 aliphatic rings. The standard InChI is InChI=1S/C20H27N5O2/c1-20(2,3)23-18-6-7-21-19(22-18)25-10-8-24(9-11-25)13-15-4-5-16-17(12-15)27-14-26-16/h4-7,12H,8-11,13-14H2,1-3H3,(H,21,22,23). The van der Waals surface area contributed by atoms with Gasteiger partial charge in [-0.15, -0.1) is 0 Å². The minimum Gasteiger partial charge on any atom is -0.454 e. The minimum absolute atomic E-state index is 0.0189. The Labute approximate surface area is 160 Å². The number of nitrogens with one attached hydrogen (secondary N) is 1. The van der Waals surface area contributed by atoms with E-state index in [1.807, 2.05) is 18.3 Å². The number of nitrogens with zero attached hydrogens (tertiary/aromatic N) is 4. The Kier molecular flexibility index (Phi) is 4.78. The third kappa shape index (κ3) is 4.42. The predicted molar refractivity (Wildman–Crippen MR) is 105 cm³/mol. The van der Waals surface area contributed by atoms with E-state index in [2.05, 4.69) is 58.0 Å². The van der Waals surface area contributed by atoms with Gasteiger partial charge < -0.3 is 19.7 Å². The molecule has 0 saturated carbocycles. The van der Waals surface area contributed by atoms with Crippen LogP contribution in [0, 0.1) is 0 Å². The van der Waals surface area contributed by atoms with Crippen molar-refractivity contribution >= 4 is 11.8 Å². The monoisotopic (exact) mass is 369 g/mol. The molecule has 0 aliphatic carbocycles. The van der Waals surface area contributed by atoms with Crippen LogP contribution in [0.5, 0.6) is 11.5 Å². The smallest absolute Gasteiger partial charge is 0.231 e. The fraction of sp³-hybridized carbons (Fsp3) is 0.500. The molecule has 0 spiro atoms. The van der Waals surface area contributed by atoms with E-state index < -0.39 is 0 Å². The molecule has 2 aromatic rings. The molecule has 0 amide bonds. The van der Waals surface area contributed by atoms with E-state index in [0.29, 0.717) is 6.79 Å². The summed E-state index contributed by atoms with van der Waals surface area (Å²) < 4.78 is 10.9. The number of ether oxygens (including phenoxy) is 2. The molecular weight excluding hydrogens is 342 g/mol. The van der Waals surface area contributed by atoms with Crippen LogP contribution in [0.15, 0.2) is 30.5 Å². The van der Waals surface area contributed by atoms with Gasteiger partial charge in [0, 0.05) is 44.5 Å². The van der Waals surface area contributed by atoms with E-state index >= 15 is 0 Å². The molecule has 1 saturated heterocycles.